The lowest BCUT2D eigenvalue weighted by Crippen LogP contribution is -2.24. The van der Waals surface area contributed by atoms with Crippen LogP contribution in [0.25, 0.3) is 11.3 Å². The van der Waals surface area contributed by atoms with Crippen molar-refractivity contribution in [2.45, 2.75) is 26.3 Å². The zero-order valence-electron chi connectivity index (χ0n) is 15.4. The quantitative estimate of drug-likeness (QED) is 0.666. The van der Waals surface area contributed by atoms with E-state index in [0.717, 1.165) is 22.5 Å². The van der Waals surface area contributed by atoms with Gasteiger partial charge in [0.1, 0.15) is 6.54 Å². The van der Waals surface area contributed by atoms with Gasteiger partial charge >= 0.3 is 0 Å². The molecule has 1 heterocycles. The molecule has 0 saturated carbocycles. The number of amides is 1. The number of carbonyl (C=O) groups is 2. The molecule has 144 valence electrons. The van der Waals surface area contributed by atoms with Crippen molar-refractivity contribution in [2.24, 2.45) is 0 Å². The zero-order chi connectivity index (χ0) is 20.1. The molecule has 3 rings (SSSR count). The molecule has 6 heteroatoms. The van der Waals surface area contributed by atoms with E-state index in [4.69, 9.17) is 11.6 Å². The highest BCUT2D eigenvalue weighted by molar-refractivity contribution is 6.30. The molecular weight excluding hydrogens is 376 g/mol. The number of aryl methyl sites for hydroxylation is 2. The van der Waals surface area contributed by atoms with Gasteiger partial charge in [0.15, 0.2) is 0 Å². The molecule has 0 spiro atoms. The van der Waals surface area contributed by atoms with Crippen LogP contribution < -0.4 is 10.4 Å². The average molecular weight is 396 g/mol. The van der Waals surface area contributed by atoms with E-state index in [9.17, 15) is 14.7 Å². The first-order valence-electron chi connectivity index (χ1n) is 8.93. The molecule has 0 bridgehead atoms. The molecule has 0 saturated heterocycles. The molecule has 1 aromatic heterocycles. The molecule has 0 aliphatic rings. The summed E-state index contributed by atoms with van der Waals surface area (Å²) in [6.45, 7) is 2.05. The molecule has 1 N–H and O–H groups in total. The Morgan fingerprint density at radius 3 is 2.32 bits per heavy atom. The summed E-state index contributed by atoms with van der Waals surface area (Å²) in [7, 11) is 0. The summed E-state index contributed by atoms with van der Waals surface area (Å²) in [6.07, 6.45) is 0.178. The van der Waals surface area contributed by atoms with Gasteiger partial charge in [-0.2, -0.15) is 0 Å². The number of aromatic nitrogens is 1. The SMILES string of the molecule is Cc1ccc(NC(=O)Cn2c(CCC(=O)[O-])ccc2-c2ccc(Cl)cc2)cc1. The molecule has 1 amide bonds. The molecular formula is C22H20ClN2O3-. The molecule has 0 atom stereocenters. The van der Waals surface area contributed by atoms with Crippen molar-refractivity contribution in [2.75, 3.05) is 5.32 Å². The van der Waals surface area contributed by atoms with Gasteiger partial charge in [0, 0.05) is 28.1 Å². The van der Waals surface area contributed by atoms with Gasteiger partial charge in [-0.05, 0) is 61.7 Å². The van der Waals surface area contributed by atoms with Gasteiger partial charge in [0.2, 0.25) is 5.91 Å². The van der Waals surface area contributed by atoms with Crippen molar-refractivity contribution in [3.05, 3.63) is 76.9 Å². The summed E-state index contributed by atoms with van der Waals surface area (Å²) in [5.74, 6) is -1.31. The molecule has 0 radical (unpaired) electrons. The lowest BCUT2D eigenvalue weighted by Gasteiger charge is -2.14. The molecule has 0 aliphatic carbocycles. The Morgan fingerprint density at radius 2 is 1.68 bits per heavy atom. The maximum absolute atomic E-state index is 12.6. The average Bonchev–Trinajstić information content (AvgIpc) is 3.05. The van der Waals surface area contributed by atoms with E-state index < -0.39 is 5.97 Å². The number of rotatable bonds is 7. The zero-order valence-corrected chi connectivity index (χ0v) is 16.2. The smallest absolute Gasteiger partial charge is 0.244 e. The lowest BCUT2D eigenvalue weighted by atomic mass is 10.1. The Morgan fingerprint density at radius 1 is 1.00 bits per heavy atom. The molecule has 28 heavy (non-hydrogen) atoms. The number of nitrogens with one attached hydrogen (secondary N) is 1. The lowest BCUT2D eigenvalue weighted by molar-refractivity contribution is -0.305. The number of benzene rings is 2. The number of halogens is 1. The minimum atomic E-state index is -1.12. The molecule has 5 nitrogen and oxygen atoms in total. The first kappa shape index (κ1) is 19.7. The Bertz CT molecular complexity index is 976. The highest BCUT2D eigenvalue weighted by atomic mass is 35.5. The van der Waals surface area contributed by atoms with Crippen LogP contribution in [0.1, 0.15) is 17.7 Å². The van der Waals surface area contributed by atoms with Gasteiger partial charge in [0.25, 0.3) is 0 Å². The van der Waals surface area contributed by atoms with E-state index in [2.05, 4.69) is 5.32 Å². The van der Waals surface area contributed by atoms with E-state index in [1.807, 2.05) is 60.0 Å². The van der Waals surface area contributed by atoms with E-state index in [-0.39, 0.29) is 25.3 Å². The van der Waals surface area contributed by atoms with Crippen molar-refractivity contribution in [3.8, 4) is 11.3 Å². The predicted octanol–water partition coefficient (Wildman–Crippen LogP) is 3.44. The van der Waals surface area contributed by atoms with Gasteiger partial charge < -0.3 is 19.8 Å². The number of aliphatic carboxylic acids is 1. The van der Waals surface area contributed by atoms with Crippen LogP contribution in [0.2, 0.25) is 5.02 Å². The van der Waals surface area contributed by atoms with Crippen molar-refractivity contribution in [1.82, 2.24) is 4.57 Å². The Balaban J connectivity index is 1.86. The third-order valence-electron chi connectivity index (χ3n) is 4.43. The monoisotopic (exact) mass is 395 g/mol. The Labute approximate surface area is 168 Å². The number of nitrogens with zero attached hydrogens (tertiary/aromatic N) is 1. The third kappa shape index (κ3) is 5.02. The second-order valence-corrected chi connectivity index (χ2v) is 7.03. The van der Waals surface area contributed by atoms with Crippen LogP contribution in [-0.2, 0) is 22.6 Å². The van der Waals surface area contributed by atoms with Crippen LogP contribution in [-0.4, -0.2) is 16.4 Å². The van der Waals surface area contributed by atoms with Gasteiger partial charge in [-0.25, -0.2) is 0 Å². The molecule has 0 aliphatic heterocycles. The minimum Gasteiger partial charge on any atom is -0.550 e. The highest BCUT2D eigenvalue weighted by Gasteiger charge is 2.14. The van der Waals surface area contributed by atoms with Gasteiger partial charge in [-0.15, -0.1) is 0 Å². The molecule has 3 aromatic rings. The number of hydrogen-bond acceptors (Lipinski definition) is 3. The maximum Gasteiger partial charge on any atom is 0.244 e. The normalized spacial score (nSPS) is 10.6. The van der Waals surface area contributed by atoms with Crippen LogP contribution in [0.4, 0.5) is 5.69 Å². The summed E-state index contributed by atoms with van der Waals surface area (Å²) in [5, 5.41) is 14.4. The van der Waals surface area contributed by atoms with Crippen molar-refractivity contribution < 1.29 is 14.7 Å². The topological polar surface area (TPSA) is 74.2 Å². The number of carbonyl (C=O) groups excluding carboxylic acids is 2. The van der Waals surface area contributed by atoms with Gasteiger partial charge in [0.05, 0.1) is 0 Å². The predicted molar refractivity (Wildman–Crippen MR) is 108 cm³/mol. The highest BCUT2D eigenvalue weighted by Crippen LogP contribution is 2.25. The van der Waals surface area contributed by atoms with Crippen molar-refractivity contribution in [3.63, 3.8) is 0 Å². The summed E-state index contributed by atoms with van der Waals surface area (Å²) in [6, 6.07) is 18.6. The van der Waals surface area contributed by atoms with E-state index in [1.54, 1.807) is 12.1 Å². The summed E-state index contributed by atoms with van der Waals surface area (Å²) in [5.41, 5.74) is 4.30. The van der Waals surface area contributed by atoms with Crippen LogP contribution in [0, 0.1) is 6.92 Å². The number of carboxylic acids is 1. The number of hydrogen-bond donors (Lipinski definition) is 1. The fourth-order valence-corrected chi connectivity index (χ4v) is 3.12. The second-order valence-electron chi connectivity index (χ2n) is 6.59. The molecule has 0 unspecified atom stereocenters. The second kappa shape index (κ2) is 8.76. The summed E-state index contributed by atoms with van der Waals surface area (Å²) in [4.78, 5) is 23.5. The summed E-state index contributed by atoms with van der Waals surface area (Å²) < 4.78 is 1.83. The van der Waals surface area contributed by atoms with Crippen molar-refractivity contribution in [1.29, 1.82) is 0 Å². The van der Waals surface area contributed by atoms with E-state index >= 15 is 0 Å². The largest absolute Gasteiger partial charge is 0.550 e. The van der Waals surface area contributed by atoms with Crippen molar-refractivity contribution >= 4 is 29.2 Å². The fourth-order valence-electron chi connectivity index (χ4n) is 3.00. The maximum atomic E-state index is 12.6. The van der Waals surface area contributed by atoms with Gasteiger partial charge in [-0.3, -0.25) is 4.79 Å². The molecule has 0 fully saturated rings. The Hall–Kier alpha value is -3.05. The third-order valence-corrected chi connectivity index (χ3v) is 4.69. The van der Waals surface area contributed by atoms with E-state index in [0.29, 0.717) is 10.7 Å². The first-order valence-corrected chi connectivity index (χ1v) is 9.31. The number of anilines is 1. The van der Waals surface area contributed by atoms with Gasteiger partial charge in [-0.1, -0.05) is 41.4 Å². The Kier molecular flexibility index (Phi) is 6.16. The van der Waals surface area contributed by atoms with Crippen LogP contribution in [0.15, 0.2) is 60.7 Å². The van der Waals surface area contributed by atoms with E-state index in [1.165, 1.54) is 0 Å². The standard InChI is InChI=1S/C22H21ClN2O3/c1-15-2-8-18(9-3-15)24-21(26)14-25-19(11-13-22(27)28)10-12-20(25)16-4-6-17(23)7-5-16/h2-10,12H,11,13-14H2,1H3,(H,24,26)(H,27,28)/p-1. The summed E-state index contributed by atoms with van der Waals surface area (Å²) >= 11 is 5.97. The van der Waals surface area contributed by atoms with Crippen LogP contribution in [0.5, 0.6) is 0 Å². The molecule has 2 aromatic carbocycles. The first-order chi connectivity index (χ1) is 13.4. The fraction of sp³-hybridized carbons (Fsp3) is 0.182. The van der Waals surface area contributed by atoms with Crippen LogP contribution >= 0.6 is 11.6 Å². The van der Waals surface area contributed by atoms with Crippen LogP contribution in [0.3, 0.4) is 0 Å². The minimum absolute atomic E-state index is 0.0707. The number of carboxylic acid groups (broad SMARTS) is 1.